The lowest BCUT2D eigenvalue weighted by atomic mass is 10.2. The molecule has 1 unspecified atom stereocenters. The molecule has 1 aromatic carbocycles. The monoisotopic (exact) mass is 264 g/mol. The van der Waals surface area contributed by atoms with E-state index in [1.807, 2.05) is 0 Å². The van der Waals surface area contributed by atoms with E-state index in [-0.39, 0.29) is 0 Å². The van der Waals surface area contributed by atoms with Crippen LogP contribution >= 0.6 is 0 Å². The number of anilines is 2. The highest BCUT2D eigenvalue weighted by atomic mass is 32.2. The van der Waals surface area contributed by atoms with Gasteiger partial charge in [-0.05, 0) is 25.1 Å². The maximum absolute atomic E-state index is 12.3. The Bertz CT molecular complexity index is 477. The first-order valence-electron chi connectivity index (χ1n) is 4.90. The lowest BCUT2D eigenvalue weighted by Gasteiger charge is -2.15. The molecule has 0 radical (unpaired) electrons. The van der Waals surface area contributed by atoms with Crippen molar-refractivity contribution in [3.8, 4) is 0 Å². The first-order chi connectivity index (χ1) is 7.78. The molecule has 96 valence electrons. The van der Waals surface area contributed by atoms with Crippen molar-refractivity contribution in [1.82, 2.24) is 0 Å². The van der Waals surface area contributed by atoms with Gasteiger partial charge in [-0.1, -0.05) is 6.07 Å². The van der Waals surface area contributed by atoms with Gasteiger partial charge in [0.05, 0.1) is 18.0 Å². The second-order valence-electron chi connectivity index (χ2n) is 3.72. The van der Waals surface area contributed by atoms with Gasteiger partial charge in [0.1, 0.15) is 0 Å². The van der Waals surface area contributed by atoms with E-state index in [1.54, 1.807) is 18.2 Å². The fourth-order valence-electron chi connectivity index (χ4n) is 1.21. The Morgan fingerprint density at radius 1 is 1.24 bits per heavy atom. The predicted molar refractivity (Wildman–Crippen MR) is 64.0 cm³/mol. The molecule has 0 spiro atoms. The van der Waals surface area contributed by atoms with Gasteiger partial charge in [0.15, 0.2) is 0 Å². The quantitative estimate of drug-likeness (QED) is 0.856. The molecule has 1 rings (SSSR count). The topological polar surface area (TPSA) is 58.2 Å². The van der Waals surface area contributed by atoms with Crippen molar-refractivity contribution in [2.24, 2.45) is 0 Å². The first kappa shape index (κ1) is 13.7. The summed E-state index contributed by atoms with van der Waals surface area (Å²) in [4.78, 5) is 0. The van der Waals surface area contributed by atoms with Gasteiger partial charge in [0, 0.05) is 5.69 Å². The number of alkyl halides is 2. The van der Waals surface area contributed by atoms with Crippen LogP contribution in [0.2, 0.25) is 0 Å². The highest BCUT2D eigenvalue weighted by Crippen LogP contribution is 2.18. The van der Waals surface area contributed by atoms with Gasteiger partial charge in [-0.15, -0.1) is 0 Å². The highest BCUT2D eigenvalue weighted by molar-refractivity contribution is 7.92. The van der Waals surface area contributed by atoms with Crippen molar-refractivity contribution in [3.63, 3.8) is 0 Å². The van der Waals surface area contributed by atoms with Gasteiger partial charge in [0.25, 0.3) is 6.43 Å². The van der Waals surface area contributed by atoms with E-state index >= 15 is 0 Å². The Labute approximate surface area is 99.1 Å². The molecule has 1 aromatic rings. The molecule has 2 N–H and O–H groups in total. The molecule has 0 aliphatic heterocycles. The van der Waals surface area contributed by atoms with Crippen LogP contribution in [0.15, 0.2) is 24.3 Å². The lowest BCUT2D eigenvalue weighted by molar-refractivity contribution is 0.131. The van der Waals surface area contributed by atoms with Crippen LogP contribution in [0.1, 0.15) is 6.92 Å². The molecule has 0 aliphatic rings. The molecular weight excluding hydrogens is 250 g/mol. The van der Waals surface area contributed by atoms with Gasteiger partial charge in [-0.25, -0.2) is 17.2 Å². The number of halogens is 2. The minimum absolute atomic E-state index is 0.332. The Morgan fingerprint density at radius 2 is 1.82 bits per heavy atom. The zero-order chi connectivity index (χ0) is 13.1. The average Bonchev–Trinajstić information content (AvgIpc) is 2.15. The van der Waals surface area contributed by atoms with E-state index in [0.717, 1.165) is 6.26 Å². The van der Waals surface area contributed by atoms with Crippen molar-refractivity contribution < 1.29 is 17.2 Å². The van der Waals surface area contributed by atoms with E-state index in [1.165, 1.54) is 13.0 Å². The number of hydrogen-bond donors (Lipinski definition) is 2. The normalized spacial score (nSPS) is 13.5. The molecule has 0 saturated heterocycles. The Morgan fingerprint density at radius 3 is 2.35 bits per heavy atom. The second-order valence-corrected chi connectivity index (χ2v) is 5.47. The molecule has 17 heavy (non-hydrogen) atoms. The zero-order valence-electron chi connectivity index (χ0n) is 9.44. The van der Waals surface area contributed by atoms with Crippen molar-refractivity contribution in [3.05, 3.63) is 24.3 Å². The third-order valence-corrected chi connectivity index (χ3v) is 2.54. The first-order valence-corrected chi connectivity index (χ1v) is 6.79. The van der Waals surface area contributed by atoms with Gasteiger partial charge >= 0.3 is 0 Å². The van der Waals surface area contributed by atoms with E-state index in [0.29, 0.717) is 11.4 Å². The number of rotatable bonds is 5. The number of sulfonamides is 1. The molecule has 0 bridgehead atoms. The SMILES string of the molecule is CC(Nc1cccc(NS(C)(=O)=O)c1)C(F)F. The Balaban J connectivity index is 2.79. The van der Waals surface area contributed by atoms with Crippen LogP contribution < -0.4 is 10.0 Å². The molecule has 0 amide bonds. The highest BCUT2D eigenvalue weighted by Gasteiger charge is 2.14. The molecule has 0 heterocycles. The standard InChI is InChI=1S/C10H14F2N2O2S/c1-7(10(11)12)13-8-4-3-5-9(6-8)14-17(2,15)16/h3-7,10,13-14H,1-2H3. The Hall–Kier alpha value is -1.37. The van der Waals surface area contributed by atoms with Crippen LogP contribution in [0, 0.1) is 0 Å². The molecule has 0 fully saturated rings. The molecule has 0 saturated carbocycles. The van der Waals surface area contributed by atoms with Crippen LogP contribution in [0.5, 0.6) is 0 Å². The fourth-order valence-corrected chi connectivity index (χ4v) is 1.77. The summed E-state index contributed by atoms with van der Waals surface area (Å²) in [6.07, 6.45) is -1.46. The van der Waals surface area contributed by atoms with Crippen LogP contribution in [-0.2, 0) is 10.0 Å². The average molecular weight is 264 g/mol. The van der Waals surface area contributed by atoms with Crippen LogP contribution in [0.25, 0.3) is 0 Å². The molecular formula is C10H14F2N2O2S. The van der Waals surface area contributed by atoms with Gasteiger partial charge in [-0.2, -0.15) is 0 Å². The summed E-state index contributed by atoms with van der Waals surface area (Å²) in [5, 5.41) is 2.58. The van der Waals surface area contributed by atoms with Crippen molar-refractivity contribution in [1.29, 1.82) is 0 Å². The minimum atomic E-state index is -3.36. The van der Waals surface area contributed by atoms with Crippen LogP contribution in [0.3, 0.4) is 0 Å². The largest absolute Gasteiger partial charge is 0.377 e. The minimum Gasteiger partial charge on any atom is -0.377 e. The third kappa shape index (κ3) is 4.99. The summed E-state index contributed by atoms with van der Waals surface area (Å²) in [6.45, 7) is 1.35. The molecule has 4 nitrogen and oxygen atoms in total. The molecule has 0 aliphatic carbocycles. The maximum atomic E-state index is 12.3. The summed E-state index contributed by atoms with van der Waals surface area (Å²) in [5.41, 5.74) is 0.769. The summed E-state index contributed by atoms with van der Waals surface area (Å²) < 4.78 is 48.9. The van der Waals surface area contributed by atoms with E-state index in [2.05, 4.69) is 10.0 Å². The Kier molecular flexibility index (Phi) is 4.28. The smallest absolute Gasteiger partial charge is 0.258 e. The molecule has 7 heteroatoms. The predicted octanol–water partition coefficient (Wildman–Crippen LogP) is 2.12. The summed E-state index contributed by atoms with van der Waals surface area (Å²) >= 11 is 0. The van der Waals surface area contributed by atoms with E-state index < -0.39 is 22.5 Å². The van der Waals surface area contributed by atoms with Gasteiger partial charge in [-0.3, -0.25) is 4.72 Å². The van der Waals surface area contributed by atoms with Crippen molar-refractivity contribution >= 4 is 21.4 Å². The summed E-state index contributed by atoms with van der Waals surface area (Å²) in [5.74, 6) is 0. The molecule has 1 atom stereocenters. The van der Waals surface area contributed by atoms with E-state index in [4.69, 9.17) is 0 Å². The van der Waals surface area contributed by atoms with Crippen molar-refractivity contribution in [2.45, 2.75) is 19.4 Å². The maximum Gasteiger partial charge on any atom is 0.258 e. The van der Waals surface area contributed by atoms with Gasteiger partial charge in [0.2, 0.25) is 10.0 Å². The summed E-state index contributed by atoms with van der Waals surface area (Å²) in [7, 11) is -3.36. The molecule has 0 aromatic heterocycles. The third-order valence-electron chi connectivity index (χ3n) is 1.94. The van der Waals surface area contributed by atoms with Gasteiger partial charge < -0.3 is 5.32 Å². The number of hydrogen-bond acceptors (Lipinski definition) is 3. The number of nitrogens with one attached hydrogen (secondary N) is 2. The van der Waals surface area contributed by atoms with E-state index in [9.17, 15) is 17.2 Å². The second kappa shape index (κ2) is 5.31. The van der Waals surface area contributed by atoms with Crippen LogP contribution in [0.4, 0.5) is 20.2 Å². The van der Waals surface area contributed by atoms with Crippen molar-refractivity contribution in [2.75, 3.05) is 16.3 Å². The number of benzene rings is 1. The van der Waals surface area contributed by atoms with Crippen LogP contribution in [-0.4, -0.2) is 27.1 Å². The summed E-state index contributed by atoms with van der Waals surface area (Å²) in [6, 6.07) is 5.17. The fraction of sp³-hybridized carbons (Fsp3) is 0.400. The zero-order valence-corrected chi connectivity index (χ0v) is 10.3. The lowest BCUT2D eigenvalue weighted by Crippen LogP contribution is -2.23.